The summed E-state index contributed by atoms with van der Waals surface area (Å²) in [6, 6.07) is 6.12. The molecule has 1 aromatic carbocycles. The Labute approximate surface area is 95.6 Å². The minimum atomic E-state index is 0.648. The van der Waals surface area contributed by atoms with Crippen LogP contribution in [0.4, 0.5) is 0 Å². The number of hydrogen-bond acceptors (Lipinski definition) is 2. The molecule has 0 amide bonds. The van der Waals surface area contributed by atoms with Crippen LogP contribution in [0.3, 0.4) is 0 Å². The molecule has 1 heterocycles. The van der Waals surface area contributed by atoms with Gasteiger partial charge >= 0.3 is 0 Å². The Morgan fingerprint density at radius 2 is 2.07 bits per heavy atom. The third-order valence-corrected chi connectivity index (χ3v) is 3.28. The summed E-state index contributed by atoms with van der Waals surface area (Å²) in [6.07, 6.45) is 2.39. The van der Waals surface area contributed by atoms with E-state index in [1.54, 1.807) is 7.11 Å². The van der Waals surface area contributed by atoms with Crippen LogP contribution >= 0.6 is 11.6 Å². The monoisotopic (exact) mass is 225 g/mol. The largest absolute Gasteiger partial charge is 0.495 e. The molecular weight excluding hydrogens is 210 g/mol. The first-order chi connectivity index (χ1) is 7.31. The molecule has 0 aromatic heterocycles. The summed E-state index contributed by atoms with van der Waals surface area (Å²) in [4.78, 5) is 0. The van der Waals surface area contributed by atoms with Gasteiger partial charge < -0.3 is 10.1 Å². The molecule has 0 spiro atoms. The van der Waals surface area contributed by atoms with Crippen molar-refractivity contribution in [2.45, 2.75) is 18.8 Å². The van der Waals surface area contributed by atoms with E-state index in [1.165, 1.54) is 18.4 Å². The van der Waals surface area contributed by atoms with Crippen molar-refractivity contribution < 1.29 is 4.74 Å². The molecule has 1 aliphatic rings. The maximum atomic E-state index is 6.11. The first-order valence-corrected chi connectivity index (χ1v) is 5.73. The van der Waals surface area contributed by atoms with Gasteiger partial charge in [0.2, 0.25) is 0 Å². The minimum absolute atomic E-state index is 0.648. The fraction of sp³-hybridized carbons (Fsp3) is 0.500. The van der Waals surface area contributed by atoms with E-state index in [4.69, 9.17) is 16.3 Å². The van der Waals surface area contributed by atoms with E-state index < -0.39 is 0 Å². The Kier molecular flexibility index (Phi) is 3.49. The number of methoxy groups -OCH3 is 1. The Balaban J connectivity index is 2.17. The van der Waals surface area contributed by atoms with Crippen LogP contribution in [0.5, 0.6) is 5.75 Å². The summed E-state index contributed by atoms with van der Waals surface area (Å²) in [5, 5.41) is 4.08. The molecule has 15 heavy (non-hydrogen) atoms. The van der Waals surface area contributed by atoms with E-state index in [1.807, 2.05) is 12.1 Å². The first-order valence-electron chi connectivity index (χ1n) is 5.35. The number of nitrogens with one attached hydrogen (secondary N) is 1. The number of benzene rings is 1. The lowest BCUT2D eigenvalue weighted by Crippen LogP contribution is -2.26. The minimum Gasteiger partial charge on any atom is -0.495 e. The molecule has 0 aliphatic carbocycles. The van der Waals surface area contributed by atoms with Gasteiger partial charge in [0, 0.05) is 0 Å². The SMILES string of the molecule is COc1ccc(C2CCNCC2)cc1Cl. The van der Waals surface area contributed by atoms with Gasteiger partial charge in [-0.3, -0.25) is 0 Å². The predicted octanol–water partition coefficient (Wildman–Crippen LogP) is 2.82. The van der Waals surface area contributed by atoms with Crippen molar-refractivity contribution in [3.8, 4) is 5.75 Å². The molecule has 2 rings (SSSR count). The van der Waals surface area contributed by atoms with E-state index in [2.05, 4.69) is 11.4 Å². The summed E-state index contributed by atoms with van der Waals surface area (Å²) < 4.78 is 5.14. The summed E-state index contributed by atoms with van der Waals surface area (Å²) >= 11 is 6.11. The quantitative estimate of drug-likeness (QED) is 0.836. The molecule has 1 aromatic rings. The Morgan fingerprint density at radius 1 is 1.33 bits per heavy atom. The number of ether oxygens (including phenoxy) is 1. The molecule has 1 aliphatic heterocycles. The van der Waals surface area contributed by atoms with Crippen LogP contribution in [0, 0.1) is 0 Å². The standard InChI is InChI=1S/C12H16ClNO/c1-15-12-3-2-10(8-11(12)13)9-4-6-14-7-5-9/h2-3,8-9,14H,4-7H2,1H3. The van der Waals surface area contributed by atoms with Gasteiger partial charge in [0.15, 0.2) is 0 Å². The molecule has 3 heteroatoms. The zero-order valence-corrected chi connectivity index (χ0v) is 9.68. The fourth-order valence-corrected chi connectivity index (χ4v) is 2.36. The van der Waals surface area contributed by atoms with Crippen LogP contribution in [0.1, 0.15) is 24.3 Å². The average Bonchev–Trinajstić information content (AvgIpc) is 2.30. The highest BCUT2D eigenvalue weighted by Gasteiger charge is 2.16. The predicted molar refractivity (Wildman–Crippen MR) is 62.8 cm³/mol. The number of piperidine rings is 1. The Hall–Kier alpha value is -0.730. The lowest BCUT2D eigenvalue weighted by Gasteiger charge is -2.23. The van der Waals surface area contributed by atoms with Crippen molar-refractivity contribution in [3.05, 3.63) is 28.8 Å². The number of rotatable bonds is 2. The fourth-order valence-electron chi connectivity index (χ4n) is 2.09. The van der Waals surface area contributed by atoms with E-state index in [-0.39, 0.29) is 0 Å². The second kappa shape index (κ2) is 4.86. The molecule has 1 N–H and O–H groups in total. The molecule has 1 fully saturated rings. The van der Waals surface area contributed by atoms with Crippen LogP contribution in [0.15, 0.2) is 18.2 Å². The highest BCUT2D eigenvalue weighted by molar-refractivity contribution is 6.32. The molecular formula is C12H16ClNO. The van der Waals surface area contributed by atoms with Gasteiger partial charge in [0.05, 0.1) is 12.1 Å². The highest BCUT2D eigenvalue weighted by Crippen LogP contribution is 2.31. The van der Waals surface area contributed by atoms with Crippen LogP contribution < -0.4 is 10.1 Å². The van der Waals surface area contributed by atoms with Crippen LogP contribution in [0.2, 0.25) is 5.02 Å². The van der Waals surface area contributed by atoms with Gasteiger partial charge in [0.25, 0.3) is 0 Å². The summed E-state index contributed by atoms with van der Waals surface area (Å²) in [5.74, 6) is 1.41. The van der Waals surface area contributed by atoms with E-state index in [0.717, 1.165) is 18.8 Å². The summed E-state index contributed by atoms with van der Waals surface area (Å²) in [6.45, 7) is 2.21. The second-order valence-electron chi connectivity index (χ2n) is 3.92. The van der Waals surface area contributed by atoms with Gasteiger partial charge in [0.1, 0.15) is 5.75 Å². The van der Waals surface area contributed by atoms with Crippen molar-refractivity contribution in [2.24, 2.45) is 0 Å². The zero-order chi connectivity index (χ0) is 10.7. The van der Waals surface area contributed by atoms with Crippen molar-refractivity contribution in [2.75, 3.05) is 20.2 Å². The van der Waals surface area contributed by atoms with Gasteiger partial charge in [-0.2, -0.15) is 0 Å². The van der Waals surface area contributed by atoms with Gasteiger partial charge in [-0.1, -0.05) is 17.7 Å². The first kappa shape index (κ1) is 10.8. The van der Waals surface area contributed by atoms with Crippen molar-refractivity contribution in [1.29, 1.82) is 0 Å². The van der Waals surface area contributed by atoms with Gasteiger partial charge in [-0.05, 0) is 49.5 Å². The molecule has 0 bridgehead atoms. The molecule has 0 radical (unpaired) electrons. The molecule has 82 valence electrons. The Bertz CT molecular complexity index is 334. The smallest absolute Gasteiger partial charge is 0.137 e. The average molecular weight is 226 g/mol. The molecule has 1 saturated heterocycles. The lowest BCUT2D eigenvalue weighted by molar-refractivity contribution is 0.414. The number of hydrogen-bond donors (Lipinski definition) is 1. The maximum Gasteiger partial charge on any atom is 0.137 e. The van der Waals surface area contributed by atoms with Crippen LogP contribution in [-0.2, 0) is 0 Å². The van der Waals surface area contributed by atoms with Crippen LogP contribution in [-0.4, -0.2) is 20.2 Å². The third-order valence-electron chi connectivity index (χ3n) is 2.99. The third kappa shape index (κ3) is 2.44. The van der Waals surface area contributed by atoms with E-state index in [0.29, 0.717) is 10.9 Å². The van der Waals surface area contributed by atoms with Gasteiger partial charge in [-0.15, -0.1) is 0 Å². The van der Waals surface area contributed by atoms with E-state index >= 15 is 0 Å². The van der Waals surface area contributed by atoms with Crippen molar-refractivity contribution >= 4 is 11.6 Å². The highest BCUT2D eigenvalue weighted by atomic mass is 35.5. The molecule has 0 unspecified atom stereocenters. The van der Waals surface area contributed by atoms with Crippen molar-refractivity contribution in [3.63, 3.8) is 0 Å². The molecule has 0 saturated carbocycles. The van der Waals surface area contributed by atoms with Crippen molar-refractivity contribution in [1.82, 2.24) is 5.32 Å². The normalized spacial score (nSPS) is 17.7. The van der Waals surface area contributed by atoms with Crippen LogP contribution in [0.25, 0.3) is 0 Å². The molecule has 0 atom stereocenters. The summed E-state index contributed by atoms with van der Waals surface area (Å²) in [7, 11) is 1.64. The second-order valence-corrected chi connectivity index (χ2v) is 4.33. The Morgan fingerprint density at radius 3 is 2.67 bits per heavy atom. The topological polar surface area (TPSA) is 21.3 Å². The summed E-state index contributed by atoms with van der Waals surface area (Å²) in [5.41, 5.74) is 1.34. The maximum absolute atomic E-state index is 6.11. The zero-order valence-electron chi connectivity index (χ0n) is 8.92. The van der Waals surface area contributed by atoms with Gasteiger partial charge in [-0.25, -0.2) is 0 Å². The number of halogens is 1. The molecule has 2 nitrogen and oxygen atoms in total. The lowest BCUT2D eigenvalue weighted by atomic mass is 9.90. The van der Waals surface area contributed by atoms with E-state index in [9.17, 15) is 0 Å².